The van der Waals surface area contributed by atoms with Crippen LogP contribution in [0.25, 0.3) is 0 Å². The molecule has 2 heterocycles. The van der Waals surface area contributed by atoms with Gasteiger partial charge in [0.2, 0.25) is 0 Å². The van der Waals surface area contributed by atoms with Gasteiger partial charge in [0.15, 0.2) is 18.1 Å². The monoisotopic (exact) mass is 407 g/mol. The summed E-state index contributed by atoms with van der Waals surface area (Å²) in [6.07, 6.45) is 1.85. The third-order valence-electron chi connectivity index (χ3n) is 4.79. The molecule has 0 N–H and O–H groups in total. The smallest absolute Gasteiger partial charge is 0.261 e. The van der Waals surface area contributed by atoms with Gasteiger partial charge in [-0.25, -0.2) is 0 Å². The maximum Gasteiger partial charge on any atom is 0.261 e. The molecule has 2 aromatic carbocycles. The van der Waals surface area contributed by atoms with Crippen molar-refractivity contribution in [3.05, 3.63) is 52.0 Å². The van der Waals surface area contributed by atoms with Crippen molar-refractivity contribution in [1.82, 2.24) is 4.90 Å². The standard InChI is InChI=1S/C20H19Cl2NO4/c21-14-3-1-5-17(20(14)22)27-12-19(24)23-8-2-4-15(23)13-6-7-16-18(11-13)26-10-9-25-16/h1,3,5-7,11,15H,2,4,8-10,12H2. The molecule has 0 aromatic heterocycles. The summed E-state index contributed by atoms with van der Waals surface area (Å²) in [6, 6.07) is 11.0. The highest BCUT2D eigenvalue weighted by Crippen LogP contribution is 2.38. The Labute approximate surface area is 167 Å². The molecule has 2 aliphatic heterocycles. The molecule has 7 heteroatoms. The van der Waals surface area contributed by atoms with Crippen molar-refractivity contribution >= 4 is 29.1 Å². The third-order valence-corrected chi connectivity index (χ3v) is 5.59. The van der Waals surface area contributed by atoms with Gasteiger partial charge in [-0.2, -0.15) is 0 Å². The van der Waals surface area contributed by atoms with Gasteiger partial charge in [0.1, 0.15) is 24.0 Å². The van der Waals surface area contributed by atoms with Crippen LogP contribution in [0.2, 0.25) is 10.0 Å². The average molecular weight is 408 g/mol. The zero-order chi connectivity index (χ0) is 18.8. The van der Waals surface area contributed by atoms with Crippen LogP contribution < -0.4 is 14.2 Å². The van der Waals surface area contributed by atoms with E-state index in [0.29, 0.717) is 35.6 Å². The number of hydrogen-bond donors (Lipinski definition) is 0. The van der Waals surface area contributed by atoms with Crippen molar-refractivity contribution < 1.29 is 19.0 Å². The van der Waals surface area contributed by atoms with E-state index in [9.17, 15) is 4.79 Å². The molecule has 142 valence electrons. The Kier molecular flexibility index (Phi) is 5.32. The summed E-state index contributed by atoms with van der Waals surface area (Å²) in [4.78, 5) is 14.6. The van der Waals surface area contributed by atoms with Gasteiger partial charge in [-0.15, -0.1) is 0 Å². The third kappa shape index (κ3) is 3.80. The van der Waals surface area contributed by atoms with E-state index in [-0.39, 0.29) is 18.6 Å². The number of halogens is 2. The molecular weight excluding hydrogens is 389 g/mol. The highest BCUT2D eigenvalue weighted by Gasteiger charge is 2.31. The van der Waals surface area contributed by atoms with Crippen molar-refractivity contribution in [2.24, 2.45) is 0 Å². The lowest BCUT2D eigenvalue weighted by molar-refractivity contribution is -0.134. The zero-order valence-electron chi connectivity index (χ0n) is 14.6. The first kappa shape index (κ1) is 18.3. The molecule has 2 aliphatic rings. The first-order valence-corrected chi connectivity index (χ1v) is 9.65. The van der Waals surface area contributed by atoms with Crippen molar-refractivity contribution in [3.63, 3.8) is 0 Å². The number of likely N-dealkylation sites (tertiary alicyclic amines) is 1. The molecule has 1 fully saturated rings. The van der Waals surface area contributed by atoms with Gasteiger partial charge >= 0.3 is 0 Å². The predicted octanol–water partition coefficient (Wildman–Crippen LogP) is 4.51. The van der Waals surface area contributed by atoms with E-state index in [1.54, 1.807) is 18.2 Å². The minimum Gasteiger partial charge on any atom is -0.486 e. The molecule has 0 saturated carbocycles. The fourth-order valence-electron chi connectivity index (χ4n) is 3.50. The van der Waals surface area contributed by atoms with Crippen LogP contribution in [0.3, 0.4) is 0 Å². The van der Waals surface area contributed by atoms with Crippen molar-refractivity contribution in [2.75, 3.05) is 26.4 Å². The number of fused-ring (bicyclic) bond motifs is 1. The molecular formula is C20H19Cl2NO4. The van der Waals surface area contributed by atoms with Crippen LogP contribution in [-0.4, -0.2) is 37.2 Å². The number of hydrogen-bond acceptors (Lipinski definition) is 4. The Bertz CT molecular complexity index is 858. The van der Waals surface area contributed by atoms with Gasteiger partial charge in [0.25, 0.3) is 5.91 Å². The van der Waals surface area contributed by atoms with E-state index in [2.05, 4.69) is 0 Å². The quantitative estimate of drug-likeness (QED) is 0.747. The van der Waals surface area contributed by atoms with Gasteiger partial charge < -0.3 is 19.1 Å². The van der Waals surface area contributed by atoms with Crippen LogP contribution in [0, 0.1) is 0 Å². The summed E-state index contributed by atoms with van der Waals surface area (Å²) in [5.41, 5.74) is 1.05. The molecule has 0 bridgehead atoms. The van der Waals surface area contributed by atoms with E-state index in [4.69, 9.17) is 37.4 Å². The maximum absolute atomic E-state index is 12.8. The second-order valence-electron chi connectivity index (χ2n) is 6.49. The summed E-state index contributed by atoms with van der Waals surface area (Å²) in [6.45, 7) is 1.72. The lowest BCUT2D eigenvalue weighted by Gasteiger charge is -2.27. The van der Waals surface area contributed by atoms with Crippen LogP contribution >= 0.6 is 23.2 Å². The topological polar surface area (TPSA) is 48.0 Å². The molecule has 5 nitrogen and oxygen atoms in total. The number of nitrogens with zero attached hydrogens (tertiary/aromatic N) is 1. The van der Waals surface area contributed by atoms with Gasteiger partial charge in [-0.05, 0) is 42.7 Å². The average Bonchev–Trinajstić information content (AvgIpc) is 3.18. The molecule has 0 radical (unpaired) electrons. The van der Waals surface area contributed by atoms with E-state index in [0.717, 1.165) is 29.9 Å². The molecule has 4 rings (SSSR count). The fourth-order valence-corrected chi connectivity index (χ4v) is 3.84. The molecule has 1 atom stereocenters. The Morgan fingerprint density at radius 3 is 2.81 bits per heavy atom. The summed E-state index contributed by atoms with van der Waals surface area (Å²) in [5.74, 6) is 1.82. The molecule has 0 spiro atoms. The maximum atomic E-state index is 12.8. The van der Waals surface area contributed by atoms with Gasteiger partial charge in [-0.3, -0.25) is 4.79 Å². The first-order valence-electron chi connectivity index (χ1n) is 8.89. The highest BCUT2D eigenvalue weighted by atomic mass is 35.5. The summed E-state index contributed by atoms with van der Waals surface area (Å²) >= 11 is 12.1. The van der Waals surface area contributed by atoms with Gasteiger partial charge in [0, 0.05) is 6.54 Å². The summed E-state index contributed by atoms with van der Waals surface area (Å²) < 4.78 is 16.9. The minimum atomic E-state index is -0.0822. The van der Waals surface area contributed by atoms with E-state index in [1.807, 2.05) is 23.1 Å². The van der Waals surface area contributed by atoms with Crippen LogP contribution in [0.5, 0.6) is 17.2 Å². The van der Waals surface area contributed by atoms with Crippen LogP contribution in [-0.2, 0) is 4.79 Å². The SMILES string of the molecule is O=C(COc1cccc(Cl)c1Cl)N1CCCC1c1ccc2c(c1)OCCO2. The van der Waals surface area contributed by atoms with Crippen molar-refractivity contribution in [1.29, 1.82) is 0 Å². The van der Waals surface area contributed by atoms with Crippen molar-refractivity contribution in [2.45, 2.75) is 18.9 Å². The number of rotatable bonds is 4. The minimum absolute atomic E-state index is 0.00626. The first-order chi connectivity index (χ1) is 13.1. The van der Waals surface area contributed by atoms with Gasteiger partial charge in [0.05, 0.1) is 11.1 Å². The van der Waals surface area contributed by atoms with E-state index >= 15 is 0 Å². The predicted molar refractivity (Wildman–Crippen MR) is 103 cm³/mol. The molecule has 2 aromatic rings. The Balaban J connectivity index is 1.46. The molecule has 0 aliphatic carbocycles. The Morgan fingerprint density at radius 1 is 1.15 bits per heavy atom. The normalized spacial score (nSPS) is 18.4. The Hall–Kier alpha value is -2.11. The number of ether oxygens (including phenoxy) is 3. The molecule has 1 saturated heterocycles. The van der Waals surface area contributed by atoms with Crippen LogP contribution in [0.15, 0.2) is 36.4 Å². The molecule has 1 amide bonds. The summed E-state index contributed by atoms with van der Waals surface area (Å²) in [7, 11) is 0. The van der Waals surface area contributed by atoms with Crippen LogP contribution in [0.1, 0.15) is 24.4 Å². The largest absolute Gasteiger partial charge is 0.486 e. The number of amides is 1. The number of carbonyl (C=O) groups excluding carboxylic acids is 1. The summed E-state index contributed by atoms with van der Waals surface area (Å²) in [5, 5.41) is 0.716. The van der Waals surface area contributed by atoms with E-state index < -0.39 is 0 Å². The lowest BCUT2D eigenvalue weighted by atomic mass is 10.0. The molecule has 1 unspecified atom stereocenters. The van der Waals surface area contributed by atoms with Gasteiger partial charge in [-0.1, -0.05) is 35.3 Å². The Morgan fingerprint density at radius 2 is 1.96 bits per heavy atom. The van der Waals surface area contributed by atoms with E-state index in [1.165, 1.54) is 0 Å². The highest BCUT2D eigenvalue weighted by molar-refractivity contribution is 6.42. The van der Waals surface area contributed by atoms with Crippen LogP contribution in [0.4, 0.5) is 0 Å². The second-order valence-corrected chi connectivity index (χ2v) is 7.27. The number of benzene rings is 2. The second kappa shape index (κ2) is 7.87. The van der Waals surface area contributed by atoms with Crippen molar-refractivity contribution in [3.8, 4) is 17.2 Å². The number of carbonyl (C=O) groups is 1. The zero-order valence-corrected chi connectivity index (χ0v) is 16.1. The lowest BCUT2D eigenvalue weighted by Crippen LogP contribution is -2.34. The fraction of sp³-hybridized carbons (Fsp3) is 0.350. The molecule has 27 heavy (non-hydrogen) atoms.